The molecule has 0 unspecified atom stereocenters. The van der Waals surface area contributed by atoms with Crippen LogP contribution in [0.15, 0.2) is 82.2 Å². The van der Waals surface area contributed by atoms with Crippen LogP contribution in [0.25, 0.3) is 22.1 Å². The topological polar surface area (TPSA) is 163 Å². The van der Waals surface area contributed by atoms with Crippen LogP contribution in [0.1, 0.15) is 51.2 Å². The number of carbonyl (C=O) groups is 4. The molecule has 0 radical (unpaired) electrons. The fourth-order valence-electron chi connectivity index (χ4n) is 6.03. The molecule has 4 aromatic rings. The van der Waals surface area contributed by atoms with E-state index in [9.17, 15) is 24.0 Å². The third kappa shape index (κ3) is 7.09. The lowest BCUT2D eigenvalue weighted by Crippen LogP contribution is -2.61. The first-order valence-corrected chi connectivity index (χ1v) is 15.4. The molecule has 2 fully saturated rings. The Morgan fingerprint density at radius 3 is 2.06 bits per heavy atom. The van der Waals surface area contributed by atoms with Crippen molar-refractivity contribution in [3.63, 3.8) is 0 Å². The molecule has 2 aliphatic heterocycles. The number of benzene rings is 3. The highest BCUT2D eigenvalue weighted by atomic mass is 16.7. The van der Waals surface area contributed by atoms with Gasteiger partial charge in [-0.25, -0.2) is 0 Å². The smallest absolute Gasteiger partial charge is 0.308 e. The molecule has 3 heterocycles. The molecule has 0 amide bonds. The van der Waals surface area contributed by atoms with Gasteiger partial charge in [0, 0.05) is 33.3 Å². The largest absolute Gasteiger partial charge is 0.463 e. The van der Waals surface area contributed by atoms with Crippen molar-refractivity contribution in [3.05, 3.63) is 94.3 Å². The van der Waals surface area contributed by atoms with Gasteiger partial charge in [0.25, 0.3) is 0 Å². The fourth-order valence-corrected chi connectivity index (χ4v) is 6.03. The molecule has 13 nitrogen and oxygen atoms in total. The van der Waals surface area contributed by atoms with Gasteiger partial charge >= 0.3 is 23.9 Å². The van der Waals surface area contributed by atoms with Crippen molar-refractivity contribution in [2.24, 2.45) is 0 Å². The Morgan fingerprint density at radius 2 is 1.41 bits per heavy atom. The van der Waals surface area contributed by atoms with Crippen LogP contribution in [0.5, 0.6) is 11.5 Å². The Kier molecular flexibility index (Phi) is 9.58. The zero-order chi connectivity index (χ0) is 34.8. The summed E-state index contributed by atoms with van der Waals surface area (Å²) in [4.78, 5) is 62.6. The van der Waals surface area contributed by atoms with Crippen LogP contribution in [-0.4, -0.2) is 54.9 Å². The van der Waals surface area contributed by atoms with Crippen molar-refractivity contribution in [1.82, 2.24) is 0 Å². The van der Waals surface area contributed by atoms with E-state index >= 15 is 0 Å². The molecule has 49 heavy (non-hydrogen) atoms. The molecular weight excluding hydrogens is 640 g/mol. The van der Waals surface area contributed by atoms with Crippen molar-refractivity contribution in [1.29, 1.82) is 0 Å². The first kappa shape index (κ1) is 33.5. The quantitative estimate of drug-likeness (QED) is 0.196. The highest BCUT2D eigenvalue weighted by Gasteiger charge is 2.55. The summed E-state index contributed by atoms with van der Waals surface area (Å²) in [6.45, 7) is 4.85. The fraction of sp³-hybridized carbons (Fsp3) is 0.306. The van der Waals surface area contributed by atoms with Gasteiger partial charge in [0.1, 0.15) is 41.7 Å². The average Bonchev–Trinajstić information content (AvgIpc) is 3.06. The standard InChI is InChI=1S/C36H32O13/c1-18(37)44-24-12-10-22(11-13-24)26-16-42-31-25(30(26)41)14-15-27(45-19(2)38)29(31)33-35(47-21(4)40)34(46-20(3)39)32-28(48-33)17-43-36(49-32)23-8-6-5-7-9-23/h5-16,28,32-36H,17H2,1-4H3/t28-,32-,33+,34+,35+,36+/m1/s1. The highest BCUT2D eigenvalue weighted by Crippen LogP contribution is 2.46. The zero-order valence-electron chi connectivity index (χ0n) is 26.9. The van der Waals surface area contributed by atoms with Gasteiger partial charge in [0.05, 0.1) is 23.1 Å². The van der Waals surface area contributed by atoms with Crippen LogP contribution >= 0.6 is 0 Å². The lowest BCUT2D eigenvalue weighted by Gasteiger charge is -2.48. The minimum atomic E-state index is -1.35. The number of hydrogen-bond acceptors (Lipinski definition) is 13. The molecule has 0 saturated carbocycles. The molecule has 6 atom stereocenters. The van der Waals surface area contributed by atoms with E-state index in [0.29, 0.717) is 16.9 Å². The van der Waals surface area contributed by atoms with Crippen molar-refractivity contribution in [2.75, 3.05) is 6.61 Å². The third-order valence-electron chi connectivity index (χ3n) is 7.91. The van der Waals surface area contributed by atoms with Crippen LogP contribution in [0, 0.1) is 0 Å². The second kappa shape index (κ2) is 14.0. The average molecular weight is 673 g/mol. The molecule has 1 aromatic heterocycles. The Bertz CT molecular complexity index is 1950. The van der Waals surface area contributed by atoms with E-state index in [1.54, 1.807) is 12.1 Å². The summed E-state index contributed by atoms with van der Waals surface area (Å²) in [5.41, 5.74) is 0.971. The van der Waals surface area contributed by atoms with E-state index in [1.807, 2.05) is 30.3 Å². The lowest BCUT2D eigenvalue weighted by atomic mass is 9.88. The van der Waals surface area contributed by atoms with Gasteiger partial charge < -0.3 is 37.6 Å². The van der Waals surface area contributed by atoms with E-state index in [0.717, 1.165) is 0 Å². The number of hydrogen-bond donors (Lipinski definition) is 0. The molecule has 3 aromatic carbocycles. The van der Waals surface area contributed by atoms with Crippen LogP contribution in [0.2, 0.25) is 0 Å². The Hall–Kier alpha value is -5.37. The molecule has 6 rings (SSSR count). The van der Waals surface area contributed by atoms with Gasteiger partial charge in [-0.3, -0.25) is 24.0 Å². The van der Waals surface area contributed by atoms with Gasteiger partial charge in [-0.15, -0.1) is 0 Å². The molecule has 0 spiro atoms. The molecule has 13 heteroatoms. The van der Waals surface area contributed by atoms with E-state index in [2.05, 4.69) is 0 Å². The minimum absolute atomic E-state index is 0.0175. The normalized spacial score (nSPS) is 23.2. The van der Waals surface area contributed by atoms with Crippen LogP contribution in [-0.2, 0) is 42.9 Å². The summed E-state index contributed by atoms with van der Waals surface area (Å²) in [5, 5.41) is 0.0871. The molecule has 2 saturated heterocycles. The highest BCUT2D eigenvalue weighted by molar-refractivity contribution is 5.87. The second-order valence-corrected chi connectivity index (χ2v) is 11.5. The molecule has 0 N–H and O–H groups in total. The monoisotopic (exact) mass is 672 g/mol. The van der Waals surface area contributed by atoms with E-state index < -0.39 is 66.1 Å². The number of esters is 4. The maximum Gasteiger partial charge on any atom is 0.308 e. The Morgan fingerprint density at radius 1 is 0.735 bits per heavy atom. The summed E-state index contributed by atoms with van der Waals surface area (Å²) in [5.74, 6) is -2.32. The summed E-state index contributed by atoms with van der Waals surface area (Å²) < 4.78 is 47.1. The van der Waals surface area contributed by atoms with Crippen LogP contribution < -0.4 is 14.9 Å². The summed E-state index contributed by atoms with van der Waals surface area (Å²) in [7, 11) is 0. The lowest BCUT2D eigenvalue weighted by molar-refractivity contribution is -0.331. The zero-order valence-corrected chi connectivity index (χ0v) is 26.9. The van der Waals surface area contributed by atoms with Gasteiger partial charge in [0.15, 0.2) is 18.5 Å². The summed E-state index contributed by atoms with van der Waals surface area (Å²) in [6.07, 6.45) is -5.30. The number of ether oxygens (including phenoxy) is 7. The van der Waals surface area contributed by atoms with Gasteiger partial charge in [-0.1, -0.05) is 42.5 Å². The molecular formula is C36H32O13. The minimum Gasteiger partial charge on any atom is -0.463 e. The molecule has 0 aliphatic carbocycles. The first-order valence-electron chi connectivity index (χ1n) is 15.4. The van der Waals surface area contributed by atoms with E-state index in [4.69, 9.17) is 37.6 Å². The molecule has 0 bridgehead atoms. The summed E-state index contributed by atoms with van der Waals surface area (Å²) in [6, 6.07) is 18.2. The van der Waals surface area contributed by atoms with Crippen molar-refractivity contribution >= 4 is 34.8 Å². The Labute approximate surface area is 279 Å². The first-order chi connectivity index (χ1) is 23.5. The van der Waals surface area contributed by atoms with Crippen LogP contribution in [0.3, 0.4) is 0 Å². The van der Waals surface area contributed by atoms with Gasteiger partial charge in [-0.05, 0) is 29.8 Å². The maximum absolute atomic E-state index is 13.9. The number of fused-ring (bicyclic) bond motifs is 2. The SMILES string of the molecule is CC(=O)Oc1ccc(-c2coc3c([C@@H]4O[C@@H]5CO[C@H](c6ccccc6)O[C@H]5[C@H](OC(C)=O)[C@H]4OC(C)=O)c(OC(C)=O)ccc3c2=O)cc1. The van der Waals surface area contributed by atoms with Gasteiger partial charge in [-0.2, -0.15) is 0 Å². The summed E-state index contributed by atoms with van der Waals surface area (Å²) >= 11 is 0. The van der Waals surface area contributed by atoms with Crippen molar-refractivity contribution in [3.8, 4) is 22.6 Å². The second-order valence-electron chi connectivity index (χ2n) is 11.5. The molecule has 2 aliphatic rings. The number of carbonyl (C=O) groups excluding carboxylic acids is 4. The Balaban J connectivity index is 1.47. The van der Waals surface area contributed by atoms with Crippen molar-refractivity contribution in [2.45, 2.75) is 64.5 Å². The van der Waals surface area contributed by atoms with Crippen LogP contribution in [0.4, 0.5) is 0 Å². The van der Waals surface area contributed by atoms with Gasteiger partial charge in [0.2, 0.25) is 5.43 Å². The van der Waals surface area contributed by atoms with E-state index in [-0.39, 0.29) is 34.5 Å². The molecule has 254 valence electrons. The predicted molar refractivity (Wildman–Crippen MR) is 169 cm³/mol. The number of rotatable bonds is 7. The third-order valence-corrected chi connectivity index (χ3v) is 7.91. The predicted octanol–water partition coefficient (Wildman–Crippen LogP) is 4.73. The van der Waals surface area contributed by atoms with E-state index in [1.165, 1.54) is 58.2 Å². The maximum atomic E-state index is 13.9. The van der Waals surface area contributed by atoms with Crippen molar-refractivity contribution < 1.29 is 56.8 Å².